The molecule has 2 amide bonds. The fourth-order valence-corrected chi connectivity index (χ4v) is 3.02. The van der Waals surface area contributed by atoms with Crippen molar-refractivity contribution in [2.75, 3.05) is 10.6 Å². The Hall–Kier alpha value is -2.62. The van der Waals surface area contributed by atoms with Gasteiger partial charge in [-0.3, -0.25) is 9.59 Å². The minimum Gasteiger partial charge on any atom is -0.326 e. The molecule has 109 valence electrons. The zero-order valence-electron chi connectivity index (χ0n) is 12.0. The normalized spacial score (nSPS) is 15.3. The minimum atomic E-state index is 0.0583. The molecule has 0 saturated heterocycles. The molecule has 0 aliphatic carbocycles. The second-order valence-electron chi connectivity index (χ2n) is 5.77. The second-order valence-corrected chi connectivity index (χ2v) is 5.77. The highest BCUT2D eigenvalue weighted by atomic mass is 16.2. The number of anilines is 2. The molecule has 2 aliphatic heterocycles. The Kier molecular flexibility index (Phi) is 2.96. The van der Waals surface area contributed by atoms with Crippen molar-refractivity contribution in [3.63, 3.8) is 0 Å². The van der Waals surface area contributed by atoms with Crippen LogP contribution in [0.25, 0.3) is 0 Å². The van der Waals surface area contributed by atoms with Crippen molar-refractivity contribution in [1.82, 2.24) is 0 Å². The number of hydrogen-bond donors (Lipinski definition) is 2. The maximum Gasteiger partial charge on any atom is 0.228 e. The summed E-state index contributed by atoms with van der Waals surface area (Å²) < 4.78 is 0. The lowest BCUT2D eigenvalue weighted by molar-refractivity contribution is -0.115. The summed E-state index contributed by atoms with van der Waals surface area (Å²) in [5, 5.41) is 5.68. The van der Waals surface area contributed by atoms with Gasteiger partial charge in [-0.15, -0.1) is 0 Å². The Bertz CT molecular complexity index is 728. The third kappa shape index (κ3) is 2.37. The first-order chi connectivity index (χ1) is 10.7. The number of hydrogen-bond acceptors (Lipinski definition) is 2. The van der Waals surface area contributed by atoms with Gasteiger partial charge in [0.1, 0.15) is 0 Å². The number of carbonyl (C=O) groups excluding carboxylic acids is 2. The summed E-state index contributed by atoms with van der Waals surface area (Å²) >= 11 is 0. The molecule has 2 aliphatic rings. The van der Waals surface area contributed by atoms with Gasteiger partial charge in [0, 0.05) is 11.4 Å². The zero-order chi connectivity index (χ0) is 15.1. The maximum atomic E-state index is 11.4. The first-order valence-corrected chi connectivity index (χ1v) is 7.35. The summed E-state index contributed by atoms with van der Waals surface area (Å²) in [7, 11) is 0. The summed E-state index contributed by atoms with van der Waals surface area (Å²) in [6.45, 7) is 0. The van der Waals surface area contributed by atoms with E-state index >= 15 is 0 Å². The number of benzene rings is 2. The largest absolute Gasteiger partial charge is 0.326 e. The van der Waals surface area contributed by atoms with Crippen molar-refractivity contribution < 1.29 is 9.59 Å². The monoisotopic (exact) mass is 291 g/mol. The van der Waals surface area contributed by atoms with E-state index in [0.717, 1.165) is 34.5 Å². The Morgan fingerprint density at radius 3 is 2.23 bits per heavy atom. The van der Waals surface area contributed by atoms with Gasteiger partial charge in [-0.25, -0.2) is 0 Å². The Morgan fingerprint density at radius 1 is 0.864 bits per heavy atom. The van der Waals surface area contributed by atoms with Gasteiger partial charge in [0.25, 0.3) is 0 Å². The summed E-state index contributed by atoms with van der Waals surface area (Å²) in [5.74, 6) is 0.120. The molecule has 4 rings (SSSR count). The van der Waals surface area contributed by atoms with Crippen molar-refractivity contribution >= 4 is 23.2 Å². The van der Waals surface area contributed by atoms with Crippen LogP contribution in [0.4, 0.5) is 11.4 Å². The quantitative estimate of drug-likeness (QED) is 0.912. The predicted octanol–water partition coefficient (Wildman–Crippen LogP) is 2.47. The molecule has 22 heavy (non-hydrogen) atoms. The maximum absolute atomic E-state index is 11.4. The molecule has 0 spiro atoms. The van der Waals surface area contributed by atoms with Gasteiger partial charge >= 0.3 is 0 Å². The Labute approximate surface area is 128 Å². The topological polar surface area (TPSA) is 58.2 Å². The average Bonchev–Trinajstić information content (AvgIpc) is 3.04. The van der Waals surface area contributed by atoms with Crippen LogP contribution in [0.3, 0.4) is 0 Å². The van der Waals surface area contributed by atoms with Gasteiger partial charge in [0.2, 0.25) is 11.8 Å². The summed E-state index contributed by atoms with van der Waals surface area (Å²) in [5.41, 5.74) is 6.28. The van der Waals surface area contributed by atoms with E-state index in [2.05, 4.69) is 29.2 Å². The van der Waals surface area contributed by atoms with Crippen LogP contribution in [0.5, 0.6) is 0 Å². The second kappa shape index (κ2) is 4.98. The molecule has 0 unspecified atom stereocenters. The lowest BCUT2D eigenvalue weighted by Crippen LogP contribution is -2.03. The van der Waals surface area contributed by atoms with Crippen molar-refractivity contribution in [1.29, 1.82) is 0 Å². The van der Waals surface area contributed by atoms with Gasteiger partial charge in [0.05, 0.1) is 12.8 Å². The molecule has 0 fully saturated rings. The predicted molar refractivity (Wildman–Crippen MR) is 84.7 cm³/mol. The molecule has 4 nitrogen and oxygen atoms in total. The summed E-state index contributed by atoms with van der Waals surface area (Å²) in [4.78, 5) is 22.7. The van der Waals surface area contributed by atoms with Crippen LogP contribution < -0.4 is 10.6 Å². The van der Waals surface area contributed by atoms with Crippen molar-refractivity contribution in [3.8, 4) is 0 Å². The van der Waals surface area contributed by atoms with Crippen molar-refractivity contribution in [3.05, 3.63) is 65.1 Å². The van der Waals surface area contributed by atoms with E-state index in [9.17, 15) is 9.59 Å². The van der Waals surface area contributed by atoms with E-state index in [4.69, 9.17) is 0 Å². The van der Waals surface area contributed by atoms with Crippen molar-refractivity contribution in [2.24, 2.45) is 0 Å². The van der Waals surface area contributed by atoms with Gasteiger partial charge in [0.15, 0.2) is 0 Å². The van der Waals surface area contributed by atoms with E-state index in [0.29, 0.717) is 12.8 Å². The minimum absolute atomic E-state index is 0.0583. The molecule has 2 N–H and O–H groups in total. The number of rotatable bonds is 3. The van der Waals surface area contributed by atoms with Crippen LogP contribution in [0.2, 0.25) is 0 Å². The highest BCUT2D eigenvalue weighted by Crippen LogP contribution is 2.27. The standard InChI is InChI=1S/C18H15N2O2/c21-17-9-13-7-11(3-5-15(13)19-17)1-2-12-4-6-16-14(8-12)10-18(22)20-16/h1,3-8H,2,9-10H2,(H,19,21)(H,20,22). The van der Waals surface area contributed by atoms with Crippen LogP contribution in [0.15, 0.2) is 36.4 Å². The van der Waals surface area contributed by atoms with E-state index in [1.165, 1.54) is 5.56 Å². The van der Waals surface area contributed by atoms with Crippen LogP contribution in [0, 0.1) is 6.42 Å². The third-order valence-electron chi connectivity index (χ3n) is 4.12. The molecule has 2 aromatic rings. The average molecular weight is 291 g/mol. The van der Waals surface area contributed by atoms with Gasteiger partial charge in [-0.05, 0) is 47.2 Å². The fraction of sp³-hybridized carbons (Fsp3) is 0.167. The molecule has 1 radical (unpaired) electrons. The van der Waals surface area contributed by atoms with E-state index in [1.54, 1.807) is 0 Å². The molecular formula is C18H15N2O2. The SMILES string of the molecule is O=C1Cc2cc([CH]Cc3ccc4c(c3)CC(=O)N4)ccc2N1. The molecule has 0 saturated carbocycles. The number of fused-ring (bicyclic) bond motifs is 2. The van der Waals surface area contributed by atoms with E-state index in [-0.39, 0.29) is 11.8 Å². The van der Waals surface area contributed by atoms with E-state index in [1.807, 2.05) is 24.3 Å². The molecule has 0 aromatic heterocycles. The van der Waals surface area contributed by atoms with Crippen LogP contribution in [0.1, 0.15) is 22.3 Å². The number of carbonyl (C=O) groups is 2. The van der Waals surface area contributed by atoms with E-state index < -0.39 is 0 Å². The Balaban J connectivity index is 1.47. The molecule has 0 bridgehead atoms. The van der Waals surface area contributed by atoms with Gasteiger partial charge < -0.3 is 10.6 Å². The lowest BCUT2D eigenvalue weighted by Gasteiger charge is -2.06. The molecule has 0 atom stereocenters. The summed E-state index contributed by atoms with van der Waals surface area (Å²) in [6.07, 6.45) is 3.88. The van der Waals surface area contributed by atoms with Gasteiger partial charge in [-0.2, -0.15) is 0 Å². The highest BCUT2D eigenvalue weighted by Gasteiger charge is 2.18. The van der Waals surface area contributed by atoms with Crippen molar-refractivity contribution in [2.45, 2.75) is 19.3 Å². The first kappa shape index (κ1) is 13.1. The Morgan fingerprint density at radius 2 is 1.50 bits per heavy atom. The third-order valence-corrected chi connectivity index (χ3v) is 4.12. The first-order valence-electron chi connectivity index (χ1n) is 7.35. The smallest absolute Gasteiger partial charge is 0.228 e. The van der Waals surface area contributed by atoms with Crippen LogP contribution >= 0.6 is 0 Å². The highest BCUT2D eigenvalue weighted by molar-refractivity contribution is 5.99. The molecule has 4 heteroatoms. The number of amides is 2. The number of nitrogens with one attached hydrogen (secondary N) is 2. The molecule has 2 heterocycles. The lowest BCUT2D eigenvalue weighted by atomic mass is 9.99. The zero-order valence-corrected chi connectivity index (χ0v) is 12.0. The molecular weight excluding hydrogens is 276 g/mol. The summed E-state index contributed by atoms with van der Waals surface area (Å²) in [6, 6.07) is 12.1. The fourth-order valence-electron chi connectivity index (χ4n) is 3.02. The van der Waals surface area contributed by atoms with Crippen LogP contribution in [-0.2, 0) is 28.9 Å². The van der Waals surface area contributed by atoms with Gasteiger partial charge in [-0.1, -0.05) is 24.3 Å². The van der Waals surface area contributed by atoms with Crippen LogP contribution in [-0.4, -0.2) is 11.8 Å². The molecule has 2 aromatic carbocycles.